The third-order valence-electron chi connectivity index (χ3n) is 0. The van der Waals surface area contributed by atoms with Gasteiger partial charge in [-0.15, -0.1) is 0 Å². The van der Waals surface area contributed by atoms with Gasteiger partial charge in [-0.25, -0.2) is 0 Å². The molecule has 0 saturated heterocycles. The van der Waals surface area contributed by atoms with Crippen LogP contribution < -0.4 is 24.0 Å². The molecule has 56 valence electrons. The predicted octanol–water partition coefficient (Wildman–Crippen LogP) is -7.94. The molecule has 0 atom stereocenters. The van der Waals surface area contributed by atoms with Crippen molar-refractivity contribution in [2.45, 2.75) is 0 Å². The minimum Gasteiger partial charge on any atom is -1.00 e. The van der Waals surface area contributed by atoms with Crippen molar-refractivity contribution in [3.8, 4) is 0 Å². The van der Waals surface area contributed by atoms with Gasteiger partial charge in [-0.05, 0) is 0 Å². The van der Waals surface area contributed by atoms with Gasteiger partial charge in [0, 0.05) is 0 Å². The van der Waals surface area contributed by atoms with Crippen molar-refractivity contribution in [2.24, 2.45) is 0 Å². The molecule has 0 saturated carbocycles. The van der Waals surface area contributed by atoms with Gasteiger partial charge in [-0.3, -0.25) is 0 Å². The Kier molecular flexibility index (Phi) is 153000. The maximum atomic E-state index is 0. The fourth-order valence-electron chi connectivity index (χ4n) is 0. The van der Waals surface area contributed by atoms with Gasteiger partial charge in [-0.1, -0.05) is 0 Å². The number of rotatable bonds is 0. The van der Waals surface area contributed by atoms with Crippen LogP contribution in [-0.4, -0.2) is 32.9 Å². The fourth-order valence-corrected chi connectivity index (χ4v) is 0. The maximum absolute atomic E-state index is 0. The summed E-state index contributed by atoms with van der Waals surface area (Å²) in [5.41, 5.74) is 0. The number of hydrogen-bond donors (Lipinski definition) is 0. The molecule has 0 bridgehead atoms. The van der Waals surface area contributed by atoms with Crippen molar-refractivity contribution in [1.82, 2.24) is 0 Å². The molecule has 0 fully saturated rings. The van der Waals surface area contributed by atoms with Crippen molar-refractivity contribution in [3.05, 3.63) is 0 Å². The van der Waals surface area contributed by atoms with Gasteiger partial charge in [0.15, 0.2) is 0 Å². The lowest BCUT2D eigenvalue weighted by atomic mass is 16.0. The first-order chi connectivity index (χ1) is 0. The van der Waals surface area contributed by atoms with E-state index in [1.165, 1.54) is 0 Å². The van der Waals surface area contributed by atoms with E-state index in [2.05, 4.69) is 0 Å². The molecule has 0 aromatic rings. The van der Waals surface area contributed by atoms with Crippen LogP contribution in [0.1, 0.15) is 0 Å². The average molecular weight is 235 g/mol. The zero-order chi connectivity index (χ0) is 0. The lowest BCUT2D eigenvalue weighted by molar-refractivity contribution is -0.00000724. The predicted molar refractivity (Wildman–Crippen MR) is 21.7 cm³/mol. The minimum atomic E-state index is 0. The lowest BCUT2D eigenvalue weighted by Gasteiger charge is -1.00. The van der Waals surface area contributed by atoms with Gasteiger partial charge in [-0.2, -0.15) is 0 Å². The molecule has 0 amide bonds. The van der Waals surface area contributed by atoms with E-state index in [-0.39, 0.29) is 56.8 Å². The number of halogens is 1. The standard InChI is InChI=1S/HI.6H2O/h1H;6*1H2/p-1. The summed E-state index contributed by atoms with van der Waals surface area (Å²) in [6, 6.07) is 0. The molecule has 0 aliphatic heterocycles. The van der Waals surface area contributed by atoms with Gasteiger partial charge in [0.1, 0.15) is 0 Å². The van der Waals surface area contributed by atoms with Crippen molar-refractivity contribution in [2.75, 3.05) is 0 Å². The van der Waals surface area contributed by atoms with Crippen LogP contribution in [0, 0.1) is 0 Å². The van der Waals surface area contributed by atoms with Crippen molar-refractivity contribution >= 4 is 0 Å². The molecule has 0 aliphatic carbocycles. The van der Waals surface area contributed by atoms with Gasteiger partial charge in [0.2, 0.25) is 0 Å². The van der Waals surface area contributed by atoms with Crippen LogP contribution in [0.3, 0.4) is 0 Å². The second-order valence-electron chi connectivity index (χ2n) is 0. The Balaban J connectivity index is 0. The van der Waals surface area contributed by atoms with Crippen molar-refractivity contribution < 1.29 is 56.8 Å². The van der Waals surface area contributed by atoms with E-state index in [0.717, 1.165) is 0 Å². The molecular formula is H12IO6-. The zero-order valence-corrected chi connectivity index (χ0v) is 5.54. The molecule has 0 aromatic carbocycles. The van der Waals surface area contributed by atoms with Crippen LogP contribution in [0.25, 0.3) is 0 Å². The minimum absolute atomic E-state index is 0. The molecule has 7 heavy (non-hydrogen) atoms. The van der Waals surface area contributed by atoms with Crippen LogP contribution in [0.5, 0.6) is 0 Å². The molecule has 0 spiro atoms. The summed E-state index contributed by atoms with van der Waals surface area (Å²) in [5, 5.41) is 0. The SMILES string of the molecule is O.O.O.O.O.O.[I-]. The molecule has 7 heteroatoms. The molecule has 0 radical (unpaired) electrons. The lowest BCUT2D eigenvalue weighted by Crippen LogP contribution is -3.00. The fraction of sp³-hybridized carbons (Fsp3) is 0. The van der Waals surface area contributed by atoms with Crippen LogP contribution in [0.15, 0.2) is 0 Å². The van der Waals surface area contributed by atoms with Crippen LogP contribution in [-0.2, 0) is 0 Å². The molecule has 12 N–H and O–H groups in total. The van der Waals surface area contributed by atoms with Crippen LogP contribution >= 0.6 is 0 Å². The second kappa shape index (κ2) is 815. The van der Waals surface area contributed by atoms with E-state index >= 15 is 0 Å². The molecule has 6 nitrogen and oxygen atoms in total. The highest BCUT2D eigenvalue weighted by Crippen LogP contribution is -0.284. The highest BCUT2D eigenvalue weighted by atomic mass is 127. The highest BCUT2D eigenvalue weighted by molar-refractivity contribution is 0.829. The summed E-state index contributed by atoms with van der Waals surface area (Å²) in [7, 11) is 0. The van der Waals surface area contributed by atoms with Gasteiger partial charge in [0.05, 0.1) is 0 Å². The first-order valence-corrected chi connectivity index (χ1v) is 0. The average Bonchev–Trinajstić information content (AvgIpc) is 0. The molecule has 0 aliphatic rings. The molecule has 0 aromatic heterocycles. The smallest absolute Gasteiger partial charge is 0.412 e. The number of hydrogen-bond acceptors (Lipinski definition) is 0. The van der Waals surface area contributed by atoms with E-state index in [0.29, 0.717) is 0 Å². The first-order valence-electron chi connectivity index (χ1n) is 0. The Morgan fingerprint density at radius 2 is 0.286 bits per heavy atom. The Labute approximate surface area is 57.4 Å². The van der Waals surface area contributed by atoms with Gasteiger partial charge < -0.3 is 56.8 Å². The van der Waals surface area contributed by atoms with E-state index in [1.807, 2.05) is 0 Å². The highest BCUT2D eigenvalue weighted by Gasteiger charge is -0.406. The Morgan fingerprint density at radius 1 is 0.286 bits per heavy atom. The molecule has 0 rings (SSSR count). The third-order valence-corrected chi connectivity index (χ3v) is 0. The van der Waals surface area contributed by atoms with Gasteiger partial charge >= 0.3 is 0 Å². The second-order valence-corrected chi connectivity index (χ2v) is 0. The quantitative estimate of drug-likeness (QED) is 0.360. The molecule has 0 unspecified atom stereocenters. The van der Waals surface area contributed by atoms with E-state index in [1.54, 1.807) is 0 Å². The topological polar surface area (TPSA) is 189 Å². The van der Waals surface area contributed by atoms with Gasteiger partial charge in [0.25, 0.3) is 0 Å². The van der Waals surface area contributed by atoms with Crippen LogP contribution in [0.4, 0.5) is 0 Å². The summed E-state index contributed by atoms with van der Waals surface area (Å²) in [6.07, 6.45) is 0. The van der Waals surface area contributed by atoms with E-state index < -0.39 is 0 Å². The summed E-state index contributed by atoms with van der Waals surface area (Å²) in [4.78, 5) is 0. The Hall–Kier alpha value is 0.490. The summed E-state index contributed by atoms with van der Waals surface area (Å²) < 4.78 is 0. The van der Waals surface area contributed by atoms with E-state index in [9.17, 15) is 0 Å². The zero-order valence-electron chi connectivity index (χ0n) is 3.38. The third kappa shape index (κ3) is 545. The monoisotopic (exact) mass is 235 g/mol. The molecule has 0 heterocycles. The Morgan fingerprint density at radius 3 is 0.286 bits per heavy atom. The summed E-state index contributed by atoms with van der Waals surface area (Å²) in [5.74, 6) is 0. The van der Waals surface area contributed by atoms with Crippen molar-refractivity contribution in [1.29, 1.82) is 0 Å². The summed E-state index contributed by atoms with van der Waals surface area (Å²) >= 11 is 0. The van der Waals surface area contributed by atoms with Crippen LogP contribution in [0.2, 0.25) is 0 Å². The summed E-state index contributed by atoms with van der Waals surface area (Å²) in [6.45, 7) is 0. The normalized spacial score (nSPS) is 0. The van der Waals surface area contributed by atoms with Crippen molar-refractivity contribution in [3.63, 3.8) is 0 Å². The van der Waals surface area contributed by atoms with E-state index in [4.69, 9.17) is 0 Å². The largest absolute Gasteiger partial charge is 1.00 e. The Bertz CT molecular complexity index is 4.14. The maximum Gasteiger partial charge on any atom is -0.412 e. The molecular weight excluding hydrogens is 223 g/mol. The first kappa shape index (κ1) is 1310.